The molecule has 16 heteroatoms. The first-order valence-corrected chi connectivity index (χ1v) is 11.8. The van der Waals surface area contributed by atoms with Gasteiger partial charge in [-0.25, -0.2) is 4.79 Å². The Hall–Kier alpha value is -3.07. The minimum atomic E-state index is -5.77. The normalized spacial score (nSPS) is 17.3. The first-order valence-electron chi connectivity index (χ1n) is 9.96. The van der Waals surface area contributed by atoms with Crippen LogP contribution >= 0.6 is 11.6 Å². The summed E-state index contributed by atoms with van der Waals surface area (Å²) >= 11 is 5.35. The van der Waals surface area contributed by atoms with Crippen LogP contribution in [0.25, 0.3) is 0 Å². The molecule has 3 rings (SSSR count). The summed E-state index contributed by atoms with van der Waals surface area (Å²) in [5.41, 5.74) is -6.50. The molecule has 2 aromatic carbocycles. The Morgan fingerprint density at radius 2 is 1.68 bits per heavy atom. The molecule has 0 aliphatic carbocycles. The Balaban J connectivity index is 0.000000312. The fourth-order valence-electron chi connectivity index (χ4n) is 3.06. The van der Waals surface area contributed by atoms with Gasteiger partial charge in [-0.3, -0.25) is 0 Å². The SMILES string of the molecule is COC(=O)[C@]1(C(C)C)Cc2cc(OS(=O)(=O)C(F)(F)F)ccc2O1.Oc1ccc(OC(F)(F)F)cc1Cl. The van der Waals surface area contributed by atoms with E-state index in [1.54, 1.807) is 13.8 Å². The van der Waals surface area contributed by atoms with Crippen LogP contribution in [0, 0.1) is 5.92 Å². The predicted molar refractivity (Wildman–Crippen MR) is 116 cm³/mol. The molecule has 1 aliphatic heterocycles. The molecule has 1 aliphatic rings. The number of ether oxygens (including phenoxy) is 3. The monoisotopic (exact) mass is 580 g/mol. The molecule has 0 bridgehead atoms. The third-order valence-corrected chi connectivity index (χ3v) is 6.16. The number of rotatable bonds is 5. The summed E-state index contributed by atoms with van der Waals surface area (Å²) in [6, 6.07) is 6.24. The average Bonchev–Trinajstić information content (AvgIpc) is 3.14. The van der Waals surface area contributed by atoms with E-state index in [1.807, 2.05) is 0 Å². The minimum Gasteiger partial charge on any atom is -0.506 e. The van der Waals surface area contributed by atoms with E-state index < -0.39 is 45.1 Å². The number of hydrogen-bond acceptors (Lipinski definition) is 8. The number of alkyl halides is 6. The summed E-state index contributed by atoms with van der Waals surface area (Å²) in [5, 5.41) is 8.68. The van der Waals surface area contributed by atoms with E-state index in [2.05, 4.69) is 8.92 Å². The molecule has 0 radical (unpaired) electrons. The molecule has 37 heavy (non-hydrogen) atoms. The van der Waals surface area contributed by atoms with E-state index in [-0.39, 0.29) is 28.9 Å². The van der Waals surface area contributed by atoms with Crippen molar-refractivity contribution in [3.05, 3.63) is 47.0 Å². The molecule has 0 spiro atoms. The lowest BCUT2D eigenvalue weighted by Crippen LogP contribution is -2.49. The fraction of sp³-hybridized carbons (Fsp3) is 0.381. The van der Waals surface area contributed by atoms with Crippen molar-refractivity contribution >= 4 is 27.7 Å². The van der Waals surface area contributed by atoms with Gasteiger partial charge < -0.3 is 23.5 Å². The van der Waals surface area contributed by atoms with Gasteiger partial charge in [0.05, 0.1) is 12.1 Å². The Bertz CT molecular complexity index is 1250. The van der Waals surface area contributed by atoms with Gasteiger partial charge in [0.25, 0.3) is 0 Å². The van der Waals surface area contributed by atoms with Gasteiger partial charge in [-0.05, 0) is 30.3 Å². The largest absolute Gasteiger partial charge is 0.573 e. The second-order valence-electron chi connectivity index (χ2n) is 7.73. The summed E-state index contributed by atoms with van der Waals surface area (Å²) in [5.74, 6) is -1.93. The minimum absolute atomic E-state index is 0.0237. The Morgan fingerprint density at radius 1 is 1.08 bits per heavy atom. The van der Waals surface area contributed by atoms with Gasteiger partial charge in [0.2, 0.25) is 5.60 Å². The molecule has 0 saturated heterocycles. The van der Waals surface area contributed by atoms with Gasteiger partial charge in [0.15, 0.2) is 0 Å². The zero-order valence-electron chi connectivity index (χ0n) is 19.1. The second-order valence-corrected chi connectivity index (χ2v) is 9.67. The zero-order valence-corrected chi connectivity index (χ0v) is 20.7. The van der Waals surface area contributed by atoms with Crippen LogP contribution in [-0.2, 0) is 26.1 Å². The molecule has 0 fully saturated rings. The summed E-state index contributed by atoms with van der Waals surface area (Å²) in [4.78, 5) is 12.1. The molecule has 1 heterocycles. The van der Waals surface area contributed by atoms with E-state index in [4.69, 9.17) is 26.2 Å². The number of aromatic hydroxyl groups is 1. The number of esters is 1. The average molecular weight is 581 g/mol. The van der Waals surface area contributed by atoms with Crippen molar-refractivity contribution in [3.8, 4) is 23.0 Å². The van der Waals surface area contributed by atoms with Gasteiger partial charge in [0, 0.05) is 24.0 Å². The number of phenolic OH excluding ortho intramolecular Hbond substituents is 1. The molecular formula is C21H19ClF6O8S. The molecule has 1 atom stereocenters. The Morgan fingerprint density at radius 3 is 2.16 bits per heavy atom. The number of phenols is 1. The van der Waals surface area contributed by atoms with E-state index in [0.717, 1.165) is 30.3 Å². The summed E-state index contributed by atoms with van der Waals surface area (Å²) in [6.07, 6.45) is -4.73. The van der Waals surface area contributed by atoms with Crippen molar-refractivity contribution < 1.29 is 63.1 Å². The van der Waals surface area contributed by atoms with Crippen LogP contribution in [0.2, 0.25) is 5.02 Å². The van der Waals surface area contributed by atoms with E-state index >= 15 is 0 Å². The lowest BCUT2D eigenvalue weighted by atomic mass is 9.86. The molecule has 8 nitrogen and oxygen atoms in total. The first-order chi connectivity index (χ1) is 16.8. The van der Waals surface area contributed by atoms with Crippen molar-refractivity contribution in [3.63, 3.8) is 0 Å². The van der Waals surface area contributed by atoms with Crippen LogP contribution in [-0.4, -0.2) is 44.1 Å². The third-order valence-electron chi connectivity index (χ3n) is 4.88. The van der Waals surface area contributed by atoms with Gasteiger partial charge >= 0.3 is 28.0 Å². The second kappa shape index (κ2) is 10.7. The van der Waals surface area contributed by atoms with Crippen LogP contribution < -0.4 is 13.7 Å². The van der Waals surface area contributed by atoms with Crippen LogP contribution in [0.5, 0.6) is 23.0 Å². The highest BCUT2D eigenvalue weighted by molar-refractivity contribution is 7.88. The Kier molecular flexibility index (Phi) is 8.75. The molecule has 1 N–H and O–H groups in total. The van der Waals surface area contributed by atoms with Crippen molar-refractivity contribution in [2.75, 3.05) is 7.11 Å². The van der Waals surface area contributed by atoms with Crippen molar-refractivity contribution in [1.82, 2.24) is 0 Å². The van der Waals surface area contributed by atoms with Gasteiger partial charge in [-0.15, -0.1) is 13.2 Å². The first kappa shape index (κ1) is 30.2. The van der Waals surface area contributed by atoms with Crippen LogP contribution in [0.1, 0.15) is 19.4 Å². The maximum atomic E-state index is 12.4. The lowest BCUT2D eigenvalue weighted by Gasteiger charge is -2.29. The predicted octanol–water partition coefficient (Wildman–Crippen LogP) is 5.36. The van der Waals surface area contributed by atoms with Crippen LogP contribution in [0.15, 0.2) is 36.4 Å². The van der Waals surface area contributed by atoms with E-state index in [9.17, 15) is 39.6 Å². The van der Waals surface area contributed by atoms with Gasteiger partial charge in [-0.2, -0.15) is 21.6 Å². The number of benzene rings is 2. The lowest BCUT2D eigenvalue weighted by molar-refractivity contribution is -0.274. The summed E-state index contributed by atoms with van der Waals surface area (Å²) in [7, 11) is -4.57. The zero-order chi connectivity index (χ0) is 28.4. The maximum Gasteiger partial charge on any atom is 0.573 e. The molecule has 0 aromatic heterocycles. The van der Waals surface area contributed by atoms with E-state index in [1.165, 1.54) is 13.2 Å². The number of halogens is 7. The third kappa shape index (κ3) is 7.25. The number of hydrogen-bond donors (Lipinski definition) is 1. The molecule has 0 amide bonds. The van der Waals surface area contributed by atoms with E-state index in [0.29, 0.717) is 5.56 Å². The molecule has 0 unspecified atom stereocenters. The number of methoxy groups -OCH3 is 1. The smallest absolute Gasteiger partial charge is 0.506 e. The topological polar surface area (TPSA) is 108 Å². The highest BCUT2D eigenvalue weighted by atomic mass is 35.5. The van der Waals surface area contributed by atoms with Crippen molar-refractivity contribution in [1.29, 1.82) is 0 Å². The molecular weight excluding hydrogens is 562 g/mol. The highest BCUT2D eigenvalue weighted by Gasteiger charge is 2.51. The standard InChI is InChI=1S/C14H15F3O6S.C7H4ClF3O2/c1-8(2)13(12(18)21-3)7-9-6-10(4-5-11(9)22-13)23-24(19,20)14(15,16)17;8-5-3-4(1-2-6(5)12)13-7(9,10)11/h4-6,8H,7H2,1-3H3;1-3,12H/t13-;/m1./s1. The summed E-state index contributed by atoms with van der Waals surface area (Å²) in [6.45, 7) is 3.46. The molecule has 2 aromatic rings. The molecule has 0 saturated carbocycles. The highest BCUT2D eigenvalue weighted by Crippen LogP contribution is 2.42. The van der Waals surface area contributed by atoms with Gasteiger partial charge in [-0.1, -0.05) is 25.4 Å². The van der Waals surface area contributed by atoms with Crippen LogP contribution in [0.4, 0.5) is 26.3 Å². The van der Waals surface area contributed by atoms with Crippen molar-refractivity contribution in [2.24, 2.45) is 5.92 Å². The van der Waals surface area contributed by atoms with Crippen molar-refractivity contribution in [2.45, 2.75) is 37.7 Å². The quantitative estimate of drug-likeness (QED) is 0.218. The molecule has 206 valence electrons. The summed E-state index contributed by atoms with van der Waals surface area (Å²) < 4.78 is 112. The number of fused-ring (bicyclic) bond motifs is 1. The number of carbonyl (C=O) groups excluding carboxylic acids is 1. The fourth-order valence-corrected chi connectivity index (χ4v) is 3.69. The Labute approximate surface area is 211 Å². The number of carbonyl (C=O) groups is 1. The van der Waals surface area contributed by atoms with Gasteiger partial charge in [0.1, 0.15) is 23.0 Å². The maximum absolute atomic E-state index is 12.4. The van der Waals surface area contributed by atoms with Crippen LogP contribution in [0.3, 0.4) is 0 Å².